The molecule has 2 aromatic carbocycles. The lowest BCUT2D eigenvalue weighted by molar-refractivity contribution is -1.02. The highest BCUT2D eigenvalue weighted by Gasteiger charge is 2.23. The minimum absolute atomic E-state index is 0.0987. The van der Waals surface area contributed by atoms with E-state index in [4.69, 9.17) is 16.3 Å². The third-order valence-corrected chi connectivity index (χ3v) is 5.50. The number of rotatable bonds is 6. The number of halogens is 1. The Bertz CT molecular complexity index is 985. The van der Waals surface area contributed by atoms with Crippen molar-refractivity contribution in [2.24, 2.45) is 0 Å². The van der Waals surface area contributed by atoms with Gasteiger partial charge >= 0.3 is 0 Å². The molecular weight excluding hydrogens is 376 g/mol. The molecule has 3 aromatic rings. The van der Waals surface area contributed by atoms with Gasteiger partial charge in [-0.2, -0.15) is 0 Å². The number of fused-ring (bicyclic) bond motifs is 1. The Morgan fingerprint density at radius 3 is 2.57 bits per heavy atom. The summed E-state index contributed by atoms with van der Waals surface area (Å²) in [4.78, 5) is 22.8. The molecule has 7 heteroatoms. The maximum absolute atomic E-state index is 12.3. The van der Waals surface area contributed by atoms with Crippen LogP contribution >= 0.6 is 11.6 Å². The number of hydrogen-bond acceptors (Lipinski definition) is 3. The van der Waals surface area contributed by atoms with Crippen LogP contribution in [0.3, 0.4) is 0 Å². The monoisotopic (exact) mass is 400 g/mol. The quantitative estimate of drug-likeness (QED) is 0.543. The summed E-state index contributed by atoms with van der Waals surface area (Å²) in [5.41, 5.74) is 0.561. The van der Waals surface area contributed by atoms with Crippen molar-refractivity contribution in [3.05, 3.63) is 69.7 Å². The molecule has 1 saturated heterocycles. The number of ether oxygens (including phenoxy) is 1. The Morgan fingerprint density at radius 1 is 1.04 bits per heavy atom. The van der Waals surface area contributed by atoms with Crippen LogP contribution in [0.4, 0.5) is 0 Å². The summed E-state index contributed by atoms with van der Waals surface area (Å²) in [6.07, 6.45) is 0. The lowest BCUT2D eigenvalue weighted by atomic mass is 10.2. The fourth-order valence-electron chi connectivity index (χ4n) is 3.70. The molecule has 1 aromatic heterocycles. The third-order valence-electron chi connectivity index (χ3n) is 5.27. The van der Waals surface area contributed by atoms with E-state index in [1.54, 1.807) is 23.1 Å². The summed E-state index contributed by atoms with van der Waals surface area (Å²) in [6, 6.07) is 15.1. The molecule has 0 spiro atoms. The number of nitrogens with one attached hydrogen (secondary N) is 3. The summed E-state index contributed by atoms with van der Waals surface area (Å²) in [5.74, 6) is 1.66. The zero-order chi connectivity index (χ0) is 19.3. The second-order valence-electron chi connectivity index (χ2n) is 7.26. The van der Waals surface area contributed by atoms with Gasteiger partial charge < -0.3 is 19.5 Å². The number of para-hydroxylation sites is 1. The highest BCUT2D eigenvalue weighted by atomic mass is 35.5. The maximum Gasteiger partial charge on any atom is 0.258 e. The topological polar surface area (TPSA) is 63.9 Å². The van der Waals surface area contributed by atoms with Crippen molar-refractivity contribution >= 4 is 22.5 Å². The van der Waals surface area contributed by atoms with Crippen LogP contribution in [0.5, 0.6) is 5.75 Å². The fourth-order valence-corrected chi connectivity index (χ4v) is 3.86. The average molecular weight is 401 g/mol. The Labute approximate surface area is 168 Å². The number of aromatic nitrogens is 2. The van der Waals surface area contributed by atoms with Crippen molar-refractivity contribution in [2.45, 2.75) is 6.54 Å². The Kier molecular flexibility index (Phi) is 5.90. The zero-order valence-corrected chi connectivity index (χ0v) is 16.5. The lowest BCUT2D eigenvalue weighted by Gasteiger charge is -2.29. The molecule has 28 heavy (non-hydrogen) atoms. The van der Waals surface area contributed by atoms with Crippen molar-refractivity contribution in [3.63, 3.8) is 0 Å². The number of piperazine rings is 1. The normalized spacial score (nSPS) is 19.6. The molecule has 0 radical (unpaired) electrons. The summed E-state index contributed by atoms with van der Waals surface area (Å²) < 4.78 is 5.81. The van der Waals surface area contributed by atoms with E-state index in [0.717, 1.165) is 57.4 Å². The van der Waals surface area contributed by atoms with Crippen molar-refractivity contribution in [3.8, 4) is 5.75 Å². The molecule has 4 rings (SSSR count). The second kappa shape index (κ2) is 8.73. The van der Waals surface area contributed by atoms with Crippen molar-refractivity contribution < 1.29 is 14.5 Å². The second-order valence-corrected chi connectivity index (χ2v) is 7.70. The first-order valence-electron chi connectivity index (χ1n) is 9.71. The van der Waals surface area contributed by atoms with Gasteiger partial charge in [-0.05, 0) is 30.3 Å². The van der Waals surface area contributed by atoms with Crippen LogP contribution in [0.15, 0.2) is 53.3 Å². The molecule has 0 amide bonds. The molecule has 0 unspecified atom stereocenters. The number of quaternary nitrogens is 2. The van der Waals surface area contributed by atoms with Gasteiger partial charge in [-0.1, -0.05) is 29.8 Å². The van der Waals surface area contributed by atoms with E-state index in [9.17, 15) is 4.79 Å². The number of hydrogen-bond donors (Lipinski definition) is 3. The van der Waals surface area contributed by atoms with E-state index in [1.807, 2.05) is 30.3 Å². The minimum Gasteiger partial charge on any atom is -0.488 e. The smallest absolute Gasteiger partial charge is 0.258 e. The average Bonchev–Trinajstić information content (AvgIpc) is 2.70. The van der Waals surface area contributed by atoms with E-state index in [0.29, 0.717) is 15.9 Å². The van der Waals surface area contributed by atoms with E-state index >= 15 is 0 Å². The van der Waals surface area contributed by atoms with Gasteiger partial charge in [-0.25, -0.2) is 4.98 Å². The molecule has 0 saturated carbocycles. The molecule has 3 N–H and O–H groups in total. The van der Waals surface area contributed by atoms with Crippen LogP contribution in [0, 0.1) is 0 Å². The third kappa shape index (κ3) is 4.70. The largest absolute Gasteiger partial charge is 0.488 e. The van der Waals surface area contributed by atoms with Crippen molar-refractivity contribution in [1.29, 1.82) is 0 Å². The number of benzene rings is 2. The van der Waals surface area contributed by atoms with Crippen molar-refractivity contribution in [2.75, 3.05) is 39.3 Å². The van der Waals surface area contributed by atoms with E-state index in [2.05, 4.69) is 9.97 Å². The molecule has 0 bridgehead atoms. The minimum atomic E-state index is -0.0987. The fraction of sp³-hybridized carbons (Fsp3) is 0.333. The zero-order valence-electron chi connectivity index (χ0n) is 15.7. The highest BCUT2D eigenvalue weighted by molar-refractivity contribution is 6.31. The van der Waals surface area contributed by atoms with Gasteiger partial charge in [-0.15, -0.1) is 0 Å². The van der Waals surface area contributed by atoms with Gasteiger partial charge in [0.25, 0.3) is 5.56 Å². The Balaban J connectivity index is 1.28. The predicted molar refractivity (Wildman–Crippen MR) is 109 cm³/mol. The van der Waals surface area contributed by atoms with Crippen LogP contribution in [-0.2, 0) is 6.54 Å². The molecular formula is C21H25ClN4O2+2. The number of aromatic amines is 1. The summed E-state index contributed by atoms with van der Waals surface area (Å²) in [7, 11) is 0. The lowest BCUT2D eigenvalue weighted by Crippen LogP contribution is -3.27. The van der Waals surface area contributed by atoms with Gasteiger partial charge in [0.1, 0.15) is 51.6 Å². The van der Waals surface area contributed by atoms with Gasteiger partial charge in [0.15, 0.2) is 5.82 Å². The Hall–Kier alpha value is -2.41. The maximum atomic E-state index is 12.3. The van der Waals surface area contributed by atoms with Gasteiger partial charge in [0.05, 0.1) is 10.9 Å². The molecule has 6 nitrogen and oxygen atoms in total. The van der Waals surface area contributed by atoms with E-state index in [1.165, 1.54) is 4.90 Å². The van der Waals surface area contributed by atoms with Gasteiger partial charge in [0, 0.05) is 5.02 Å². The van der Waals surface area contributed by atoms with Gasteiger partial charge in [0.2, 0.25) is 0 Å². The van der Waals surface area contributed by atoms with Crippen LogP contribution < -0.4 is 20.1 Å². The van der Waals surface area contributed by atoms with Crippen molar-refractivity contribution in [1.82, 2.24) is 9.97 Å². The van der Waals surface area contributed by atoms with Crippen LogP contribution in [0.25, 0.3) is 10.9 Å². The molecule has 146 valence electrons. The molecule has 1 aliphatic rings. The van der Waals surface area contributed by atoms with Crippen LogP contribution in [0.2, 0.25) is 5.02 Å². The Morgan fingerprint density at radius 2 is 1.79 bits per heavy atom. The van der Waals surface area contributed by atoms with Crippen LogP contribution in [0.1, 0.15) is 5.82 Å². The van der Waals surface area contributed by atoms with E-state index < -0.39 is 0 Å². The summed E-state index contributed by atoms with van der Waals surface area (Å²) in [6.45, 7) is 6.76. The standard InChI is InChI=1S/C21H23ClN4O2/c22-16-6-7-18-19(14-16)23-20(24-21(18)27)15-26-10-8-25(9-11-26)12-13-28-17-4-2-1-3-5-17/h1-7,14H,8-13,15H2,(H,23,24,27)/p+2. The predicted octanol–water partition coefficient (Wildman–Crippen LogP) is -0.0611. The van der Waals surface area contributed by atoms with Gasteiger partial charge in [-0.3, -0.25) is 4.79 Å². The molecule has 1 fully saturated rings. The molecule has 0 atom stereocenters. The number of H-pyrrole nitrogens is 1. The van der Waals surface area contributed by atoms with Crippen LogP contribution in [-0.4, -0.2) is 49.3 Å². The molecule has 2 heterocycles. The first-order valence-corrected chi connectivity index (χ1v) is 10.1. The first kappa shape index (κ1) is 18.9. The first-order chi connectivity index (χ1) is 13.7. The number of nitrogens with zero attached hydrogens (tertiary/aromatic N) is 1. The van der Waals surface area contributed by atoms with E-state index in [-0.39, 0.29) is 5.56 Å². The summed E-state index contributed by atoms with van der Waals surface area (Å²) in [5, 5.41) is 1.18. The molecule has 0 aliphatic carbocycles. The highest BCUT2D eigenvalue weighted by Crippen LogP contribution is 2.14. The SMILES string of the molecule is O=c1[nH]c(C[NH+]2CC[NH+](CCOc3ccccc3)CC2)nc2cc(Cl)ccc12. The summed E-state index contributed by atoms with van der Waals surface area (Å²) >= 11 is 6.04. The molecule has 1 aliphatic heterocycles.